The number of carbonyl (C=O) groups excluding carboxylic acids is 1. The number of urea groups is 1. The molecule has 0 aliphatic heterocycles. The van der Waals surface area contributed by atoms with Crippen molar-refractivity contribution in [3.63, 3.8) is 0 Å². The van der Waals surface area contributed by atoms with Gasteiger partial charge in [0.2, 0.25) is 0 Å². The zero-order valence-corrected chi connectivity index (χ0v) is 11.3. The van der Waals surface area contributed by atoms with Gasteiger partial charge in [0.05, 0.1) is 0 Å². The van der Waals surface area contributed by atoms with Crippen molar-refractivity contribution in [2.75, 3.05) is 12.4 Å². The molecule has 1 N–H and O–H groups in total. The Morgan fingerprint density at radius 1 is 1.21 bits per heavy atom. The zero-order valence-electron chi connectivity index (χ0n) is 10.5. The SMILES string of the molecule is CN(Cc1ccncc1)C(=O)Nc1ccc(Cl)cc1. The molecule has 0 spiro atoms. The molecular weight excluding hydrogens is 262 g/mol. The quantitative estimate of drug-likeness (QED) is 0.933. The highest BCUT2D eigenvalue weighted by Gasteiger charge is 2.09. The summed E-state index contributed by atoms with van der Waals surface area (Å²) in [4.78, 5) is 17.5. The maximum atomic E-state index is 12.0. The highest BCUT2D eigenvalue weighted by molar-refractivity contribution is 6.30. The Hall–Kier alpha value is -2.07. The third kappa shape index (κ3) is 3.96. The molecule has 0 unspecified atom stereocenters. The number of amides is 2. The second-order valence-corrected chi connectivity index (χ2v) is 4.59. The Morgan fingerprint density at radius 2 is 1.84 bits per heavy atom. The van der Waals surface area contributed by atoms with E-state index in [2.05, 4.69) is 10.3 Å². The van der Waals surface area contributed by atoms with E-state index in [1.807, 2.05) is 12.1 Å². The maximum Gasteiger partial charge on any atom is 0.321 e. The first-order valence-corrected chi connectivity index (χ1v) is 6.19. The van der Waals surface area contributed by atoms with Gasteiger partial charge in [-0.2, -0.15) is 0 Å². The third-order valence-corrected chi connectivity index (χ3v) is 2.86. The number of aromatic nitrogens is 1. The van der Waals surface area contributed by atoms with Crippen LogP contribution in [0.1, 0.15) is 5.56 Å². The van der Waals surface area contributed by atoms with E-state index in [-0.39, 0.29) is 6.03 Å². The molecule has 98 valence electrons. The number of pyridine rings is 1. The summed E-state index contributed by atoms with van der Waals surface area (Å²) in [5, 5.41) is 3.44. The van der Waals surface area contributed by atoms with Crippen molar-refractivity contribution in [3.8, 4) is 0 Å². The standard InChI is InChI=1S/C14H14ClN3O/c1-18(10-11-6-8-16-9-7-11)14(19)17-13-4-2-12(15)3-5-13/h2-9H,10H2,1H3,(H,17,19). The van der Waals surface area contributed by atoms with Crippen molar-refractivity contribution >= 4 is 23.3 Å². The molecule has 2 rings (SSSR count). The number of halogens is 1. The molecule has 0 saturated carbocycles. The van der Waals surface area contributed by atoms with E-state index in [1.165, 1.54) is 0 Å². The third-order valence-electron chi connectivity index (χ3n) is 2.61. The lowest BCUT2D eigenvalue weighted by atomic mass is 10.2. The van der Waals surface area contributed by atoms with Crippen LogP contribution in [0.4, 0.5) is 10.5 Å². The lowest BCUT2D eigenvalue weighted by Crippen LogP contribution is -2.30. The van der Waals surface area contributed by atoms with Gasteiger partial charge in [0.25, 0.3) is 0 Å². The fourth-order valence-electron chi connectivity index (χ4n) is 1.59. The minimum absolute atomic E-state index is 0.167. The van der Waals surface area contributed by atoms with Gasteiger partial charge in [0.15, 0.2) is 0 Å². The molecule has 0 aliphatic rings. The molecule has 2 aromatic rings. The van der Waals surface area contributed by atoms with E-state index in [1.54, 1.807) is 48.6 Å². The van der Waals surface area contributed by atoms with Gasteiger partial charge in [-0.3, -0.25) is 4.98 Å². The number of benzene rings is 1. The first-order valence-electron chi connectivity index (χ1n) is 5.82. The van der Waals surface area contributed by atoms with Crippen LogP contribution in [0.5, 0.6) is 0 Å². The van der Waals surface area contributed by atoms with Crippen molar-refractivity contribution in [1.29, 1.82) is 0 Å². The summed E-state index contributed by atoms with van der Waals surface area (Å²) in [5.74, 6) is 0. The Morgan fingerprint density at radius 3 is 2.47 bits per heavy atom. The Kier molecular flexibility index (Phi) is 4.36. The number of hydrogen-bond acceptors (Lipinski definition) is 2. The first kappa shape index (κ1) is 13.4. The summed E-state index contributed by atoms with van der Waals surface area (Å²) in [5.41, 5.74) is 1.75. The molecule has 5 heteroatoms. The van der Waals surface area contributed by atoms with Crippen LogP contribution in [0, 0.1) is 0 Å². The normalized spacial score (nSPS) is 10.0. The average molecular weight is 276 g/mol. The smallest absolute Gasteiger partial charge is 0.321 e. The maximum absolute atomic E-state index is 12.0. The summed E-state index contributed by atoms with van der Waals surface area (Å²) in [6, 6.07) is 10.6. The molecule has 1 heterocycles. The molecule has 1 aromatic carbocycles. The van der Waals surface area contributed by atoms with Gasteiger partial charge in [-0.15, -0.1) is 0 Å². The van der Waals surface area contributed by atoms with Gasteiger partial charge in [-0.25, -0.2) is 4.79 Å². The second-order valence-electron chi connectivity index (χ2n) is 4.15. The van der Waals surface area contributed by atoms with Gasteiger partial charge in [0, 0.05) is 36.7 Å². The van der Waals surface area contributed by atoms with E-state index in [4.69, 9.17) is 11.6 Å². The van der Waals surface area contributed by atoms with E-state index in [9.17, 15) is 4.79 Å². The van der Waals surface area contributed by atoms with Gasteiger partial charge in [-0.1, -0.05) is 11.6 Å². The van der Waals surface area contributed by atoms with Crippen LogP contribution in [0.3, 0.4) is 0 Å². The van der Waals surface area contributed by atoms with E-state index >= 15 is 0 Å². The predicted octanol–water partition coefficient (Wildman–Crippen LogP) is 3.40. The van der Waals surface area contributed by atoms with Crippen LogP contribution in [0.2, 0.25) is 5.02 Å². The number of hydrogen-bond donors (Lipinski definition) is 1. The monoisotopic (exact) mass is 275 g/mol. The summed E-state index contributed by atoms with van der Waals surface area (Å²) in [6.45, 7) is 0.530. The molecule has 2 amide bonds. The molecule has 0 saturated heterocycles. The molecule has 0 radical (unpaired) electrons. The van der Waals surface area contributed by atoms with Gasteiger partial charge in [0.1, 0.15) is 0 Å². The largest absolute Gasteiger partial charge is 0.323 e. The summed E-state index contributed by atoms with van der Waals surface area (Å²) in [6.07, 6.45) is 3.42. The molecule has 19 heavy (non-hydrogen) atoms. The minimum atomic E-state index is -0.167. The number of nitrogens with one attached hydrogen (secondary N) is 1. The highest BCUT2D eigenvalue weighted by Crippen LogP contribution is 2.14. The lowest BCUT2D eigenvalue weighted by molar-refractivity contribution is 0.220. The lowest BCUT2D eigenvalue weighted by Gasteiger charge is -2.18. The van der Waals surface area contributed by atoms with Crippen molar-refractivity contribution in [2.45, 2.75) is 6.54 Å². The fourth-order valence-corrected chi connectivity index (χ4v) is 1.71. The van der Waals surface area contributed by atoms with Crippen LogP contribution in [-0.2, 0) is 6.54 Å². The number of carbonyl (C=O) groups is 1. The fraction of sp³-hybridized carbons (Fsp3) is 0.143. The van der Waals surface area contributed by atoms with Gasteiger partial charge < -0.3 is 10.2 Å². The summed E-state index contributed by atoms with van der Waals surface area (Å²) >= 11 is 5.79. The predicted molar refractivity (Wildman–Crippen MR) is 76.2 cm³/mol. The van der Waals surface area contributed by atoms with E-state index in [0.717, 1.165) is 11.3 Å². The van der Waals surface area contributed by atoms with E-state index < -0.39 is 0 Å². The Bertz CT molecular complexity index is 542. The second kappa shape index (κ2) is 6.20. The highest BCUT2D eigenvalue weighted by atomic mass is 35.5. The molecule has 0 fully saturated rings. The number of anilines is 1. The zero-order chi connectivity index (χ0) is 13.7. The average Bonchev–Trinajstić information content (AvgIpc) is 2.42. The number of rotatable bonds is 3. The molecule has 0 bridgehead atoms. The number of nitrogens with zero attached hydrogens (tertiary/aromatic N) is 2. The first-order chi connectivity index (χ1) is 9.15. The van der Waals surface area contributed by atoms with Crippen LogP contribution < -0.4 is 5.32 Å². The molecule has 1 aromatic heterocycles. The molecule has 0 atom stereocenters. The summed E-state index contributed by atoms with van der Waals surface area (Å²) in [7, 11) is 1.74. The topological polar surface area (TPSA) is 45.2 Å². The molecular formula is C14H14ClN3O. The van der Waals surface area contributed by atoms with Gasteiger partial charge >= 0.3 is 6.03 Å². The van der Waals surface area contributed by atoms with Crippen LogP contribution in [-0.4, -0.2) is 23.0 Å². The van der Waals surface area contributed by atoms with Crippen LogP contribution >= 0.6 is 11.6 Å². The van der Waals surface area contributed by atoms with Crippen molar-refractivity contribution in [2.24, 2.45) is 0 Å². The Balaban J connectivity index is 1.94. The summed E-state index contributed by atoms with van der Waals surface area (Å²) < 4.78 is 0. The molecule has 4 nitrogen and oxygen atoms in total. The Labute approximate surface area is 117 Å². The minimum Gasteiger partial charge on any atom is -0.323 e. The van der Waals surface area contributed by atoms with Gasteiger partial charge in [-0.05, 0) is 42.0 Å². The van der Waals surface area contributed by atoms with Crippen LogP contribution in [0.15, 0.2) is 48.8 Å². The van der Waals surface area contributed by atoms with E-state index in [0.29, 0.717) is 11.6 Å². The van der Waals surface area contributed by atoms with Crippen molar-refractivity contribution in [3.05, 3.63) is 59.4 Å². The van der Waals surface area contributed by atoms with Crippen molar-refractivity contribution < 1.29 is 4.79 Å². The molecule has 0 aliphatic carbocycles. The van der Waals surface area contributed by atoms with Crippen LogP contribution in [0.25, 0.3) is 0 Å². The van der Waals surface area contributed by atoms with Crippen molar-refractivity contribution in [1.82, 2.24) is 9.88 Å².